The van der Waals surface area contributed by atoms with Crippen molar-refractivity contribution >= 4 is 63.2 Å². The molecule has 2 aromatic carbocycles. The number of nitrogens with zero attached hydrogens (tertiary/aromatic N) is 6. The van der Waals surface area contributed by atoms with Gasteiger partial charge in [-0.25, -0.2) is 33.1 Å². The standard InChI is InChI=1S/C32H26ClF2N7O5S2/c1-47-30(45)25-23(37-27(28-36-4-7-48-28)39-26(25)21-3-2-18(34)11-22(21)33)14-40-5-6-41-20(12-40)13-42(32(41)46)31-38-24(15-49-31)16-8-17(29(43)44)10-19(35)9-16/h2-4,7-11,15,20,26H,5-6,12-14H2,1H3,(H,37,39)(H,43,44)/t20-,26-/m0/s1. The number of hydrogen-bond acceptors (Lipinski definition) is 11. The Bertz CT molecular complexity index is 2040. The van der Waals surface area contributed by atoms with Crippen molar-refractivity contribution < 1.29 is 33.0 Å². The van der Waals surface area contributed by atoms with E-state index in [-0.39, 0.29) is 34.8 Å². The van der Waals surface area contributed by atoms with Crippen LogP contribution in [0.4, 0.5) is 18.7 Å². The molecule has 12 nitrogen and oxygen atoms in total. The average Bonchev–Trinajstić information content (AvgIpc) is 3.85. The normalized spacial score (nSPS) is 19.5. The summed E-state index contributed by atoms with van der Waals surface area (Å²) in [7, 11) is 1.28. The number of esters is 1. The van der Waals surface area contributed by atoms with Crippen molar-refractivity contribution in [3.05, 3.63) is 97.4 Å². The van der Waals surface area contributed by atoms with Crippen LogP contribution in [0.5, 0.6) is 0 Å². The minimum atomic E-state index is -1.26. The fraction of sp³-hybridized carbons (Fsp3) is 0.250. The molecule has 0 aliphatic carbocycles. The van der Waals surface area contributed by atoms with Gasteiger partial charge in [-0.1, -0.05) is 17.7 Å². The molecule has 2 saturated heterocycles. The van der Waals surface area contributed by atoms with Gasteiger partial charge >= 0.3 is 18.0 Å². The summed E-state index contributed by atoms with van der Waals surface area (Å²) in [6.45, 7) is 1.98. The molecule has 2 amide bonds. The van der Waals surface area contributed by atoms with E-state index in [4.69, 9.17) is 21.3 Å². The molecule has 5 heterocycles. The SMILES string of the molecule is COC(=O)C1=C(CN2CCN3C(=O)N(c4nc(-c5cc(F)cc(C(=O)O)c5)cs4)C[C@@H]3C2)NC(c2nccs2)=N[C@H]1c1ccc(F)cc1Cl. The smallest absolute Gasteiger partial charge is 0.338 e. The number of aromatic nitrogens is 2. The molecule has 0 bridgehead atoms. The van der Waals surface area contributed by atoms with Gasteiger partial charge in [0.05, 0.1) is 36.5 Å². The van der Waals surface area contributed by atoms with Gasteiger partial charge in [0.25, 0.3) is 0 Å². The van der Waals surface area contributed by atoms with E-state index in [2.05, 4.69) is 20.2 Å². The molecule has 7 rings (SSSR count). The fourth-order valence-corrected chi connectivity index (χ4v) is 7.84. The lowest BCUT2D eigenvalue weighted by Gasteiger charge is -2.38. The van der Waals surface area contributed by atoms with Gasteiger partial charge in [0, 0.05) is 65.0 Å². The third-order valence-corrected chi connectivity index (χ3v) is 10.4. The number of amides is 2. The highest BCUT2D eigenvalue weighted by atomic mass is 35.5. The van der Waals surface area contributed by atoms with Crippen molar-refractivity contribution in [2.24, 2.45) is 4.99 Å². The molecule has 2 fully saturated rings. The number of nitrogens with one attached hydrogen (secondary N) is 1. The van der Waals surface area contributed by atoms with Gasteiger partial charge in [0.15, 0.2) is 16.0 Å². The summed E-state index contributed by atoms with van der Waals surface area (Å²) >= 11 is 9.04. The second-order valence-corrected chi connectivity index (χ2v) is 13.6. The van der Waals surface area contributed by atoms with Crippen LogP contribution in [0.25, 0.3) is 11.3 Å². The number of thiazole rings is 2. The summed E-state index contributed by atoms with van der Waals surface area (Å²) < 4.78 is 33.3. The highest BCUT2D eigenvalue weighted by Crippen LogP contribution is 2.38. The number of aliphatic imine (C=N–C) groups is 1. The second kappa shape index (κ2) is 13.3. The second-order valence-electron chi connectivity index (χ2n) is 11.4. The lowest BCUT2D eigenvalue weighted by Crippen LogP contribution is -2.53. The van der Waals surface area contributed by atoms with Gasteiger partial charge in [-0.2, -0.15) is 0 Å². The molecule has 252 valence electrons. The van der Waals surface area contributed by atoms with Gasteiger partial charge in [-0.15, -0.1) is 22.7 Å². The van der Waals surface area contributed by atoms with Crippen molar-refractivity contribution in [1.29, 1.82) is 0 Å². The first kappa shape index (κ1) is 32.8. The topological polar surface area (TPSA) is 141 Å². The Labute approximate surface area is 290 Å². The predicted molar refractivity (Wildman–Crippen MR) is 179 cm³/mol. The van der Waals surface area contributed by atoms with Crippen LogP contribution in [-0.2, 0) is 9.53 Å². The number of carboxylic acid groups (broad SMARTS) is 1. The molecule has 3 aliphatic rings. The number of urea groups is 1. The van der Waals surface area contributed by atoms with Gasteiger partial charge < -0.3 is 20.1 Å². The molecular weight excluding hydrogens is 700 g/mol. The van der Waals surface area contributed by atoms with Gasteiger partial charge in [0.1, 0.15) is 17.7 Å². The zero-order chi connectivity index (χ0) is 34.4. The molecule has 2 atom stereocenters. The van der Waals surface area contributed by atoms with Gasteiger partial charge in [-0.05, 0) is 30.3 Å². The third-order valence-electron chi connectivity index (χ3n) is 8.41. The number of hydrogen-bond donors (Lipinski definition) is 2. The van der Waals surface area contributed by atoms with Crippen molar-refractivity contribution in [1.82, 2.24) is 25.1 Å². The molecule has 0 radical (unpaired) electrons. The number of anilines is 1. The zero-order valence-electron chi connectivity index (χ0n) is 25.6. The number of carboxylic acids is 1. The number of carbonyl (C=O) groups excluding carboxylic acids is 2. The number of ether oxygens (including phenoxy) is 1. The van der Waals surface area contributed by atoms with E-state index in [0.717, 1.165) is 6.07 Å². The summed E-state index contributed by atoms with van der Waals surface area (Å²) in [5, 5.41) is 17.2. The maximum atomic E-state index is 14.1. The van der Waals surface area contributed by atoms with E-state index in [1.54, 1.807) is 26.8 Å². The molecule has 3 aliphatic heterocycles. The first-order valence-corrected chi connectivity index (χ1v) is 17.0. The van der Waals surface area contributed by atoms with Crippen molar-refractivity contribution in [2.45, 2.75) is 12.1 Å². The van der Waals surface area contributed by atoms with Crippen LogP contribution in [0.1, 0.15) is 27.0 Å². The van der Waals surface area contributed by atoms with Crippen molar-refractivity contribution in [2.75, 3.05) is 44.7 Å². The maximum absolute atomic E-state index is 14.1. The van der Waals surface area contributed by atoms with E-state index < -0.39 is 29.6 Å². The van der Waals surface area contributed by atoms with Crippen LogP contribution in [0, 0.1) is 11.6 Å². The number of carbonyl (C=O) groups is 3. The quantitative estimate of drug-likeness (QED) is 0.239. The molecule has 2 N–H and O–H groups in total. The highest BCUT2D eigenvalue weighted by molar-refractivity contribution is 7.14. The largest absolute Gasteiger partial charge is 0.478 e. The molecule has 4 aromatic rings. The minimum absolute atomic E-state index is 0.109. The molecule has 2 aromatic heterocycles. The van der Waals surface area contributed by atoms with Crippen LogP contribution in [0.2, 0.25) is 5.02 Å². The molecular formula is C32H26ClF2N7O5S2. The molecule has 0 spiro atoms. The molecule has 49 heavy (non-hydrogen) atoms. The van der Waals surface area contributed by atoms with Crippen LogP contribution < -0.4 is 10.2 Å². The van der Waals surface area contributed by atoms with Crippen molar-refractivity contribution in [3.8, 4) is 11.3 Å². The Hall–Kier alpha value is -4.77. The van der Waals surface area contributed by atoms with E-state index in [0.29, 0.717) is 64.7 Å². The van der Waals surface area contributed by atoms with E-state index in [9.17, 15) is 28.3 Å². The highest BCUT2D eigenvalue weighted by Gasteiger charge is 2.43. The number of rotatable bonds is 8. The lowest BCUT2D eigenvalue weighted by molar-refractivity contribution is -0.136. The third kappa shape index (κ3) is 6.39. The summed E-state index contributed by atoms with van der Waals surface area (Å²) in [6, 6.07) is 6.08. The van der Waals surface area contributed by atoms with Crippen LogP contribution in [0.15, 0.2) is 69.6 Å². The lowest BCUT2D eigenvalue weighted by atomic mass is 9.95. The minimum Gasteiger partial charge on any atom is -0.478 e. The van der Waals surface area contributed by atoms with Gasteiger partial charge in [0.2, 0.25) is 0 Å². The van der Waals surface area contributed by atoms with Crippen LogP contribution in [0.3, 0.4) is 0 Å². The van der Waals surface area contributed by atoms with E-state index in [1.807, 2.05) is 0 Å². The molecule has 0 saturated carbocycles. The Kier molecular flexibility index (Phi) is 8.87. The number of piperazine rings is 1. The number of fused-ring (bicyclic) bond motifs is 1. The maximum Gasteiger partial charge on any atom is 0.338 e. The first-order valence-electron chi connectivity index (χ1n) is 14.9. The summed E-state index contributed by atoms with van der Waals surface area (Å²) in [4.78, 5) is 57.4. The Morgan fingerprint density at radius 3 is 2.69 bits per heavy atom. The fourth-order valence-electron chi connectivity index (χ4n) is 6.15. The monoisotopic (exact) mass is 725 g/mol. The van der Waals surface area contributed by atoms with E-state index >= 15 is 0 Å². The Balaban J connectivity index is 1.14. The molecule has 17 heteroatoms. The Morgan fingerprint density at radius 2 is 1.96 bits per heavy atom. The summed E-state index contributed by atoms with van der Waals surface area (Å²) in [6.07, 6.45) is 1.64. The number of halogens is 3. The number of methoxy groups -OCH3 is 1. The first-order chi connectivity index (χ1) is 23.6. The molecule has 0 unspecified atom stereocenters. The average molecular weight is 726 g/mol. The summed E-state index contributed by atoms with van der Waals surface area (Å²) in [5.41, 5.74) is 1.63. The van der Waals surface area contributed by atoms with Crippen molar-refractivity contribution in [3.63, 3.8) is 0 Å². The van der Waals surface area contributed by atoms with Crippen LogP contribution >= 0.6 is 34.3 Å². The Morgan fingerprint density at radius 1 is 1.12 bits per heavy atom. The number of aromatic carboxylic acids is 1. The van der Waals surface area contributed by atoms with Crippen LogP contribution in [-0.4, -0.2) is 94.6 Å². The predicted octanol–water partition coefficient (Wildman–Crippen LogP) is 5.04. The zero-order valence-corrected chi connectivity index (χ0v) is 28.0. The number of amidine groups is 1. The van der Waals surface area contributed by atoms with Gasteiger partial charge in [-0.3, -0.25) is 14.8 Å². The number of benzene rings is 2. The summed E-state index contributed by atoms with van der Waals surface area (Å²) in [5.74, 6) is -2.68. The van der Waals surface area contributed by atoms with E-state index in [1.165, 1.54) is 60.1 Å².